The van der Waals surface area contributed by atoms with Crippen molar-refractivity contribution in [3.05, 3.63) is 28.8 Å². The van der Waals surface area contributed by atoms with E-state index in [0.29, 0.717) is 23.5 Å². The van der Waals surface area contributed by atoms with E-state index in [1.807, 2.05) is 0 Å². The summed E-state index contributed by atoms with van der Waals surface area (Å²) in [5, 5.41) is 21.3. The van der Waals surface area contributed by atoms with Gasteiger partial charge in [-0.1, -0.05) is 17.7 Å². The summed E-state index contributed by atoms with van der Waals surface area (Å²) in [6, 6.07) is 4.83. The second-order valence-electron chi connectivity index (χ2n) is 5.45. The van der Waals surface area contributed by atoms with Crippen molar-refractivity contribution >= 4 is 30.3 Å². The van der Waals surface area contributed by atoms with Crippen LogP contribution in [-0.2, 0) is 11.2 Å². The SMILES string of the molecule is CC(C)(C)OC(=O)NCCc1cc(Cl)cc(B(O)O)c1. The van der Waals surface area contributed by atoms with Crippen LogP contribution in [0.3, 0.4) is 0 Å². The molecule has 0 unspecified atom stereocenters. The van der Waals surface area contributed by atoms with E-state index in [0.717, 1.165) is 5.56 Å². The van der Waals surface area contributed by atoms with Gasteiger partial charge in [-0.05, 0) is 50.4 Å². The Morgan fingerprint density at radius 2 is 2.00 bits per heavy atom. The lowest BCUT2D eigenvalue weighted by molar-refractivity contribution is 0.0528. The molecule has 1 rings (SSSR count). The molecule has 3 N–H and O–H groups in total. The van der Waals surface area contributed by atoms with Gasteiger partial charge >= 0.3 is 13.2 Å². The van der Waals surface area contributed by atoms with E-state index in [9.17, 15) is 4.79 Å². The highest BCUT2D eigenvalue weighted by Crippen LogP contribution is 2.10. The minimum Gasteiger partial charge on any atom is -0.444 e. The smallest absolute Gasteiger partial charge is 0.444 e. The molecule has 0 aliphatic carbocycles. The average molecular weight is 300 g/mol. The van der Waals surface area contributed by atoms with Gasteiger partial charge in [-0.2, -0.15) is 0 Å². The van der Waals surface area contributed by atoms with Crippen molar-refractivity contribution in [1.29, 1.82) is 0 Å². The number of amides is 1. The standard InChI is InChI=1S/C13H19BClNO4/c1-13(2,3)20-12(17)16-5-4-9-6-10(14(18)19)8-11(15)7-9/h6-8,18-19H,4-5H2,1-3H3,(H,16,17). The van der Waals surface area contributed by atoms with E-state index in [2.05, 4.69) is 5.32 Å². The molecule has 0 atom stereocenters. The number of carbonyl (C=O) groups excluding carboxylic acids is 1. The number of benzene rings is 1. The minimum absolute atomic E-state index is 0.324. The van der Waals surface area contributed by atoms with Crippen molar-refractivity contribution in [2.24, 2.45) is 0 Å². The van der Waals surface area contributed by atoms with Gasteiger partial charge in [0.25, 0.3) is 0 Å². The number of alkyl carbamates (subject to hydrolysis) is 1. The second-order valence-corrected chi connectivity index (χ2v) is 5.88. The first-order valence-corrected chi connectivity index (χ1v) is 6.67. The van der Waals surface area contributed by atoms with Gasteiger partial charge in [0.2, 0.25) is 0 Å². The lowest BCUT2D eigenvalue weighted by Crippen LogP contribution is -2.34. The van der Waals surface area contributed by atoms with Crippen LogP contribution in [0.15, 0.2) is 18.2 Å². The van der Waals surface area contributed by atoms with Gasteiger partial charge in [0.05, 0.1) is 0 Å². The Kier molecular flexibility index (Phi) is 5.86. The predicted molar refractivity (Wildman–Crippen MR) is 79.2 cm³/mol. The van der Waals surface area contributed by atoms with Gasteiger partial charge in [0.15, 0.2) is 0 Å². The third kappa shape index (κ3) is 6.28. The molecule has 0 bridgehead atoms. The topological polar surface area (TPSA) is 78.8 Å². The van der Waals surface area contributed by atoms with Crippen molar-refractivity contribution in [3.63, 3.8) is 0 Å². The Morgan fingerprint density at radius 3 is 2.55 bits per heavy atom. The van der Waals surface area contributed by atoms with E-state index in [4.69, 9.17) is 26.4 Å². The highest BCUT2D eigenvalue weighted by molar-refractivity contribution is 6.59. The molecule has 0 radical (unpaired) electrons. The highest BCUT2D eigenvalue weighted by atomic mass is 35.5. The summed E-state index contributed by atoms with van der Waals surface area (Å²) in [5.41, 5.74) is 0.593. The van der Waals surface area contributed by atoms with Gasteiger partial charge in [-0.3, -0.25) is 0 Å². The van der Waals surface area contributed by atoms with Crippen LogP contribution in [0.1, 0.15) is 26.3 Å². The molecule has 20 heavy (non-hydrogen) atoms. The Bertz CT molecular complexity index is 474. The molecule has 1 amide bonds. The van der Waals surface area contributed by atoms with E-state index < -0.39 is 18.8 Å². The largest absolute Gasteiger partial charge is 0.488 e. The van der Waals surface area contributed by atoms with Crippen LogP contribution < -0.4 is 10.8 Å². The molecule has 0 aromatic heterocycles. The summed E-state index contributed by atoms with van der Waals surface area (Å²) >= 11 is 5.89. The molecule has 7 heteroatoms. The zero-order valence-corrected chi connectivity index (χ0v) is 12.6. The fourth-order valence-corrected chi connectivity index (χ4v) is 1.86. The molecular weight excluding hydrogens is 280 g/mol. The second kappa shape index (κ2) is 6.97. The lowest BCUT2D eigenvalue weighted by atomic mass is 9.79. The van der Waals surface area contributed by atoms with Crippen LogP contribution >= 0.6 is 11.6 Å². The van der Waals surface area contributed by atoms with Crippen molar-refractivity contribution in [2.45, 2.75) is 32.8 Å². The molecule has 0 saturated heterocycles. The fraction of sp³-hybridized carbons (Fsp3) is 0.462. The lowest BCUT2D eigenvalue weighted by Gasteiger charge is -2.19. The number of nitrogens with one attached hydrogen (secondary N) is 1. The van der Waals surface area contributed by atoms with Gasteiger partial charge in [0, 0.05) is 11.6 Å². The molecule has 1 aromatic carbocycles. The van der Waals surface area contributed by atoms with Crippen LogP contribution in [0.4, 0.5) is 4.79 Å². The predicted octanol–water partition coefficient (Wildman–Crippen LogP) is 1.09. The van der Waals surface area contributed by atoms with Gasteiger partial charge in [-0.15, -0.1) is 0 Å². The molecule has 0 aliphatic rings. The Balaban J connectivity index is 2.52. The molecule has 0 saturated carbocycles. The summed E-state index contributed by atoms with van der Waals surface area (Å²) in [6.45, 7) is 5.74. The van der Waals surface area contributed by atoms with Crippen molar-refractivity contribution in [1.82, 2.24) is 5.32 Å². The Morgan fingerprint density at radius 1 is 1.35 bits per heavy atom. The van der Waals surface area contributed by atoms with Crippen LogP contribution in [0.5, 0.6) is 0 Å². The number of halogens is 1. The normalized spacial score (nSPS) is 11.1. The number of hydrogen-bond acceptors (Lipinski definition) is 4. The number of rotatable bonds is 4. The van der Waals surface area contributed by atoms with Crippen molar-refractivity contribution < 1.29 is 19.6 Å². The number of carbonyl (C=O) groups is 1. The van der Waals surface area contributed by atoms with E-state index in [-0.39, 0.29) is 0 Å². The van der Waals surface area contributed by atoms with E-state index >= 15 is 0 Å². The third-order valence-electron chi connectivity index (χ3n) is 2.36. The van der Waals surface area contributed by atoms with Crippen LogP contribution in [0.2, 0.25) is 5.02 Å². The monoisotopic (exact) mass is 299 g/mol. The average Bonchev–Trinajstić information content (AvgIpc) is 2.25. The molecule has 0 spiro atoms. The zero-order valence-electron chi connectivity index (χ0n) is 11.8. The maximum absolute atomic E-state index is 11.5. The molecule has 0 aliphatic heterocycles. The highest BCUT2D eigenvalue weighted by Gasteiger charge is 2.16. The minimum atomic E-state index is -1.56. The van der Waals surface area contributed by atoms with Gasteiger partial charge < -0.3 is 20.1 Å². The number of ether oxygens (including phenoxy) is 1. The van der Waals surface area contributed by atoms with Crippen molar-refractivity contribution in [3.8, 4) is 0 Å². The first kappa shape index (κ1) is 16.8. The van der Waals surface area contributed by atoms with E-state index in [1.54, 1.807) is 32.9 Å². The van der Waals surface area contributed by atoms with Gasteiger partial charge in [-0.25, -0.2) is 4.79 Å². The zero-order chi connectivity index (χ0) is 15.3. The first-order chi connectivity index (χ1) is 9.17. The molecule has 5 nitrogen and oxygen atoms in total. The first-order valence-electron chi connectivity index (χ1n) is 6.30. The summed E-state index contributed by atoms with van der Waals surface area (Å²) in [5.74, 6) is 0. The van der Waals surface area contributed by atoms with Crippen LogP contribution in [-0.4, -0.2) is 35.4 Å². The summed E-state index contributed by atoms with van der Waals surface area (Å²) in [7, 11) is -1.56. The Labute approximate surface area is 124 Å². The maximum atomic E-state index is 11.5. The quantitative estimate of drug-likeness (QED) is 0.727. The molecule has 0 heterocycles. The van der Waals surface area contributed by atoms with Gasteiger partial charge in [0.1, 0.15) is 5.60 Å². The number of hydrogen-bond donors (Lipinski definition) is 3. The molecule has 1 aromatic rings. The Hall–Kier alpha value is -1.24. The van der Waals surface area contributed by atoms with Crippen molar-refractivity contribution in [2.75, 3.05) is 6.54 Å². The summed E-state index contributed by atoms with van der Waals surface area (Å²) < 4.78 is 5.11. The molecular formula is C13H19BClNO4. The molecule has 0 fully saturated rings. The molecule has 110 valence electrons. The van der Waals surface area contributed by atoms with Crippen LogP contribution in [0.25, 0.3) is 0 Å². The third-order valence-corrected chi connectivity index (χ3v) is 2.58. The van der Waals surface area contributed by atoms with Crippen LogP contribution in [0, 0.1) is 0 Å². The summed E-state index contributed by atoms with van der Waals surface area (Å²) in [4.78, 5) is 11.5. The summed E-state index contributed by atoms with van der Waals surface area (Å²) in [6.07, 6.45) is 0.0291. The maximum Gasteiger partial charge on any atom is 0.488 e. The fourth-order valence-electron chi connectivity index (χ4n) is 1.59. The van der Waals surface area contributed by atoms with E-state index in [1.165, 1.54) is 6.07 Å².